The number of anilines is 1. The van der Waals surface area contributed by atoms with Crippen molar-refractivity contribution in [1.82, 2.24) is 19.6 Å². The van der Waals surface area contributed by atoms with E-state index in [2.05, 4.69) is 25.9 Å². The van der Waals surface area contributed by atoms with Crippen molar-refractivity contribution in [3.63, 3.8) is 0 Å². The summed E-state index contributed by atoms with van der Waals surface area (Å²) < 4.78 is 10.3. The van der Waals surface area contributed by atoms with Crippen LogP contribution in [0.1, 0.15) is 5.56 Å². The fraction of sp³-hybridized carbons (Fsp3) is 0.0526. The number of pyridine rings is 3. The predicted molar refractivity (Wildman–Crippen MR) is 103 cm³/mol. The molecule has 27 heavy (non-hydrogen) atoms. The molecule has 0 aromatic carbocycles. The van der Waals surface area contributed by atoms with Gasteiger partial charge in [0.05, 0.1) is 24.4 Å². The molecule has 4 heterocycles. The van der Waals surface area contributed by atoms with Crippen LogP contribution in [0.2, 0.25) is 0 Å². The van der Waals surface area contributed by atoms with Crippen molar-refractivity contribution in [1.29, 1.82) is 5.26 Å². The Morgan fingerprint density at radius 3 is 2.89 bits per heavy atom. The highest BCUT2D eigenvalue weighted by Gasteiger charge is 2.10. The monoisotopic (exact) mass is 374 g/mol. The second-order valence-corrected chi connectivity index (χ2v) is 6.47. The number of hydrogen-bond acceptors (Lipinski definition) is 7. The van der Waals surface area contributed by atoms with E-state index in [1.54, 1.807) is 36.4 Å². The molecular formula is C19H14N6OS. The normalized spacial score (nSPS) is 10.5. The Morgan fingerprint density at radius 2 is 2.11 bits per heavy atom. The Kier molecular flexibility index (Phi) is 4.60. The molecule has 7 nitrogen and oxygen atoms in total. The molecule has 4 rings (SSSR count). The molecule has 132 valence electrons. The zero-order valence-electron chi connectivity index (χ0n) is 14.3. The average Bonchev–Trinajstić information content (AvgIpc) is 3.15. The second kappa shape index (κ2) is 7.35. The smallest absolute Gasteiger partial charge is 0.237 e. The first-order valence-electron chi connectivity index (χ1n) is 8.03. The molecule has 0 aliphatic carbocycles. The first-order chi connectivity index (χ1) is 13.3. The maximum absolute atomic E-state index is 9.23. The van der Waals surface area contributed by atoms with E-state index in [9.17, 15) is 5.26 Å². The third-order valence-electron chi connectivity index (χ3n) is 3.93. The lowest BCUT2D eigenvalue weighted by molar-refractivity contribution is 0.400. The van der Waals surface area contributed by atoms with Gasteiger partial charge in [-0.25, -0.2) is 9.50 Å². The second-order valence-electron chi connectivity index (χ2n) is 5.59. The number of hydrogen-bond donors (Lipinski definition) is 1. The van der Waals surface area contributed by atoms with Crippen LogP contribution in [-0.2, 0) is 0 Å². The molecule has 0 fully saturated rings. The zero-order chi connectivity index (χ0) is 18.6. The Labute approximate surface area is 159 Å². The molecule has 0 atom stereocenters. The fourth-order valence-corrected chi connectivity index (χ4v) is 3.25. The van der Waals surface area contributed by atoms with Crippen molar-refractivity contribution in [2.45, 2.75) is 4.90 Å². The minimum absolute atomic E-state index is 0.498. The largest absolute Gasteiger partial charge is 0.480 e. The van der Waals surface area contributed by atoms with Crippen LogP contribution < -0.4 is 9.46 Å². The molecule has 0 spiro atoms. The highest BCUT2D eigenvalue weighted by atomic mass is 32.2. The van der Waals surface area contributed by atoms with Crippen LogP contribution in [0, 0.1) is 11.3 Å². The summed E-state index contributed by atoms with van der Waals surface area (Å²) in [5.41, 5.74) is 3.87. The molecule has 0 aliphatic heterocycles. The Morgan fingerprint density at radius 1 is 1.19 bits per heavy atom. The van der Waals surface area contributed by atoms with Gasteiger partial charge in [0.25, 0.3) is 0 Å². The highest BCUT2D eigenvalue weighted by Crippen LogP contribution is 2.32. The molecule has 0 saturated carbocycles. The molecule has 4 aromatic heterocycles. The molecule has 0 bridgehead atoms. The van der Waals surface area contributed by atoms with Gasteiger partial charge in [0.15, 0.2) is 0 Å². The van der Waals surface area contributed by atoms with Crippen LogP contribution in [0.3, 0.4) is 0 Å². The van der Waals surface area contributed by atoms with Gasteiger partial charge in [0.2, 0.25) is 5.88 Å². The topological polar surface area (TPSA) is 88.1 Å². The quantitative estimate of drug-likeness (QED) is 0.532. The lowest BCUT2D eigenvalue weighted by atomic mass is 10.1. The number of aromatic nitrogens is 4. The van der Waals surface area contributed by atoms with Crippen molar-refractivity contribution in [3.8, 4) is 23.1 Å². The van der Waals surface area contributed by atoms with E-state index in [0.717, 1.165) is 27.2 Å². The predicted octanol–water partition coefficient (Wildman–Crippen LogP) is 3.79. The summed E-state index contributed by atoms with van der Waals surface area (Å²) in [6, 6.07) is 11.8. The van der Waals surface area contributed by atoms with Gasteiger partial charge in [-0.1, -0.05) is 0 Å². The molecule has 0 saturated heterocycles. The summed E-state index contributed by atoms with van der Waals surface area (Å²) in [4.78, 5) is 9.47. The number of rotatable bonds is 5. The average molecular weight is 374 g/mol. The molecule has 0 aliphatic rings. The van der Waals surface area contributed by atoms with Crippen LogP contribution in [0.4, 0.5) is 5.69 Å². The molecule has 0 radical (unpaired) electrons. The van der Waals surface area contributed by atoms with Gasteiger partial charge in [-0.2, -0.15) is 10.4 Å². The van der Waals surface area contributed by atoms with E-state index in [-0.39, 0.29) is 0 Å². The molecular weight excluding hydrogens is 360 g/mol. The van der Waals surface area contributed by atoms with Gasteiger partial charge in [-0.05, 0) is 47.8 Å². The third-order valence-corrected chi connectivity index (χ3v) is 4.73. The highest BCUT2D eigenvalue weighted by molar-refractivity contribution is 8.00. The maximum Gasteiger partial charge on any atom is 0.237 e. The van der Waals surface area contributed by atoms with Crippen molar-refractivity contribution in [3.05, 3.63) is 66.9 Å². The first kappa shape index (κ1) is 16.9. The minimum atomic E-state index is 0.498. The number of ether oxygens (including phenoxy) is 1. The van der Waals surface area contributed by atoms with Crippen LogP contribution in [0.5, 0.6) is 5.88 Å². The van der Waals surface area contributed by atoms with Gasteiger partial charge in [-0.3, -0.25) is 4.98 Å². The lowest BCUT2D eigenvalue weighted by Crippen LogP contribution is -1.96. The van der Waals surface area contributed by atoms with Gasteiger partial charge in [-0.15, -0.1) is 0 Å². The Hall–Kier alpha value is -3.57. The van der Waals surface area contributed by atoms with Crippen molar-refractivity contribution >= 4 is 23.2 Å². The van der Waals surface area contributed by atoms with E-state index >= 15 is 0 Å². The molecule has 1 N–H and O–H groups in total. The number of nitrogens with one attached hydrogen (secondary N) is 1. The van der Waals surface area contributed by atoms with Gasteiger partial charge < -0.3 is 9.46 Å². The van der Waals surface area contributed by atoms with Crippen LogP contribution in [-0.4, -0.2) is 26.7 Å². The first-order valence-corrected chi connectivity index (χ1v) is 8.85. The van der Waals surface area contributed by atoms with E-state index < -0.39 is 0 Å². The SMILES string of the molecule is COc1ncc(-c2ccn3ncc(C#N)c3c2)cc1NSc1cccnc1. The van der Waals surface area contributed by atoms with Crippen LogP contribution >= 0.6 is 11.9 Å². The van der Waals surface area contributed by atoms with Crippen LogP contribution in [0.15, 0.2) is 66.2 Å². The summed E-state index contributed by atoms with van der Waals surface area (Å²) in [6.45, 7) is 0. The zero-order valence-corrected chi connectivity index (χ0v) is 15.1. The molecule has 8 heteroatoms. The number of methoxy groups -OCH3 is 1. The number of nitriles is 1. The summed E-state index contributed by atoms with van der Waals surface area (Å²) in [6.07, 6.45) is 8.64. The minimum Gasteiger partial charge on any atom is -0.480 e. The maximum atomic E-state index is 9.23. The fourth-order valence-electron chi connectivity index (χ4n) is 2.61. The summed E-state index contributed by atoms with van der Waals surface area (Å²) in [7, 11) is 1.58. The van der Waals surface area contributed by atoms with E-state index in [4.69, 9.17) is 4.74 Å². The molecule has 0 unspecified atom stereocenters. The number of fused-ring (bicyclic) bond motifs is 1. The Balaban J connectivity index is 1.68. The number of nitrogens with zero attached hydrogens (tertiary/aromatic N) is 5. The third kappa shape index (κ3) is 3.41. The summed E-state index contributed by atoms with van der Waals surface area (Å²) in [5, 5.41) is 13.4. The van der Waals surface area contributed by atoms with Gasteiger partial charge in [0.1, 0.15) is 11.8 Å². The van der Waals surface area contributed by atoms with Crippen molar-refractivity contribution in [2.75, 3.05) is 11.8 Å². The van der Waals surface area contributed by atoms with E-state index in [1.807, 2.05) is 36.5 Å². The summed E-state index contributed by atoms with van der Waals surface area (Å²) >= 11 is 1.43. The van der Waals surface area contributed by atoms with Gasteiger partial charge in [0, 0.05) is 35.2 Å². The Bertz CT molecular complexity index is 1140. The standard InChI is InChI=1S/C19H14N6OS/c1-26-19-17(24-27-16-3-2-5-21-12-16)7-14(10-22-19)13-4-6-25-18(8-13)15(9-20)11-23-25/h2-8,10-12,24H,1H3. The van der Waals surface area contributed by atoms with Crippen LogP contribution in [0.25, 0.3) is 16.6 Å². The summed E-state index contributed by atoms with van der Waals surface area (Å²) in [5.74, 6) is 0.498. The van der Waals surface area contributed by atoms with Crippen molar-refractivity contribution in [2.24, 2.45) is 0 Å². The van der Waals surface area contributed by atoms with Crippen molar-refractivity contribution < 1.29 is 4.74 Å². The lowest BCUT2D eigenvalue weighted by Gasteiger charge is -2.11. The molecule has 4 aromatic rings. The molecule has 0 amide bonds. The van der Waals surface area contributed by atoms with E-state index in [1.165, 1.54) is 11.9 Å². The van der Waals surface area contributed by atoms with E-state index in [0.29, 0.717) is 11.4 Å². The van der Waals surface area contributed by atoms with Gasteiger partial charge >= 0.3 is 0 Å².